The maximum Gasteiger partial charge on any atom is 0.370 e. The first-order valence-corrected chi connectivity index (χ1v) is 7.29. The first-order valence-electron chi connectivity index (χ1n) is 7.29. The predicted molar refractivity (Wildman–Crippen MR) is 82.4 cm³/mol. The minimum absolute atomic E-state index is 0.279. The van der Waals surface area contributed by atoms with Gasteiger partial charge in [-0.3, -0.25) is 4.79 Å². The predicted octanol–water partition coefficient (Wildman–Crippen LogP) is 0.00910. The number of ether oxygens (including phenoxy) is 1. The number of carboxylic acid groups (broad SMARTS) is 1. The highest BCUT2D eigenvalue weighted by Crippen LogP contribution is 2.18. The van der Waals surface area contributed by atoms with Crippen molar-refractivity contribution >= 4 is 11.9 Å². The van der Waals surface area contributed by atoms with Gasteiger partial charge in [-0.1, -0.05) is 30.3 Å². The number of hydrogen-bond acceptors (Lipinski definition) is 5. The van der Waals surface area contributed by atoms with Gasteiger partial charge in [0.25, 0.3) is 0 Å². The molecular weight excluding hydrogens is 300 g/mol. The van der Waals surface area contributed by atoms with E-state index in [0.29, 0.717) is 6.54 Å². The molecule has 0 radical (unpaired) electrons. The van der Waals surface area contributed by atoms with Gasteiger partial charge in [0.05, 0.1) is 6.04 Å². The molecule has 0 aromatic heterocycles. The minimum atomic E-state index is -1.25. The Morgan fingerprint density at radius 3 is 2.57 bits per heavy atom. The Morgan fingerprint density at radius 1 is 1.26 bits per heavy atom. The lowest BCUT2D eigenvalue weighted by molar-refractivity contribution is -0.139. The van der Waals surface area contributed by atoms with Crippen LogP contribution in [0.1, 0.15) is 12.5 Å². The van der Waals surface area contributed by atoms with Gasteiger partial charge in [-0.2, -0.15) is 0 Å². The maximum atomic E-state index is 11.3. The van der Waals surface area contributed by atoms with Gasteiger partial charge in [0.1, 0.15) is 12.2 Å². The molecule has 2 rings (SSSR count). The minimum Gasteiger partial charge on any atom is -0.480 e. The number of benzene rings is 1. The van der Waals surface area contributed by atoms with Crippen LogP contribution in [0.4, 0.5) is 0 Å². The largest absolute Gasteiger partial charge is 0.480 e. The molecule has 4 N–H and O–H groups in total. The van der Waals surface area contributed by atoms with Crippen LogP contribution in [-0.2, 0) is 20.9 Å². The third kappa shape index (κ3) is 4.80. The van der Waals surface area contributed by atoms with Gasteiger partial charge in [-0.05, 0) is 11.6 Å². The molecule has 0 saturated heterocycles. The van der Waals surface area contributed by atoms with Crippen molar-refractivity contribution in [2.45, 2.75) is 31.7 Å². The summed E-state index contributed by atoms with van der Waals surface area (Å²) in [6.45, 7) is 2.18. The standard InChI is InChI=1S/C16H20N2O5/c1-10(19)18-15-12(20)7-13(16(21)22)23-14(15)9-17-8-11-5-3-2-4-6-11/h2-7,12,14-15,17,20H,8-9H2,1H3,(H,18,19)(H,21,22)/t12-,14?,15?/m1/s1. The van der Waals surface area contributed by atoms with E-state index in [1.807, 2.05) is 30.3 Å². The second kappa shape index (κ2) is 7.75. The zero-order chi connectivity index (χ0) is 16.8. The fourth-order valence-corrected chi connectivity index (χ4v) is 2.41. The molecule has 2 unspecified atom stereocenters. The van der Waals surface area contributed by atoms with Crippen molar-refractivity contribution in [2.24, 2.45) is 0 Å². The van der Waals surface area contributed by atoms with Crippen LogP contribution in [0, 0.1) is 0 Å². The third-order valence-corrected chi connectivity index (χ3v) is 3.47. The molecule has 7 nitrogen and oxygen atoms in total. The van der Waals surface area contributed by atoms with Crippen LogP contribution in [0.2, 0.25) is 0 Å². The molecular formula is C16H20N2O5. The van der Waals surface area contributed by atoms with E-state index >= 15 is 0 Å². The van der Waals surface area contributed by atoms with E-state index in [0.717, 1.165) is 11.6 Å². The van der Waals surface area contributed by atoms with Gasteiger partial charge in [-0.25, -0.2) is 4.79 Å². The number of nitrogens with one attached hydrogen (secondary N) is 2. The van der Waals surface area contributed by atoms with Crippen LogP contribution < -0.4 is 10.6 Å². The monoisotopic (exact) mass is 320 g/mol. The Bertz CT molecular complexity index is 587. The van der Waals surface area contributed by atoms with Crippen LogP contribution in [0.15, 0.2) is 42.2 Å². The van der Waals surface area contributed by atoms with Crippen molar-refractivity contribution in [1.29, 1.82) is 0 Å². The highest BCUT2D eigenvalue weighted by molar-refractivity contribution is 5.84. The van der Waals surface area contributed by atoms with E-state index in [1.54, 1.807) is 0 Å². The fourth-order valence-electron chi connectivity index (χ4n) is 2.41. The number of aliphatic carboxylic acids is 1. The quantitative estimate of drug-likeness (QED) is 0.588. The van der Waals surface area contributed by atoms with Crippen molar-refractivity contribution in [3.63, 3.8) is 0 Å². The number of aliphatic hydroxyl groups excluding tert-OH is 1. The molecule has 1 aromatic rings. The Balaban J connectivity index is 2.01. The van der Waals surface area contributed by atoms with Gasteiger partial charge < -0.3 is 25.6 Å². The number of hydrogen-bond donors (Lipinski definition) is 4. The zero-order valence-corrected chi connectivity index (χ0v) is 12.7. The Morgan fingerprint density at radius 2 is 1.96 bits per heavy atom. The molecule has 0 aliphatic carbocycles. The number of amides is 1. The highest BCUT2D eigenvalue weighted by Gasteiger charge is 2.36. The summed E-state index contributed by atoms with van der Waals surface area (Å²) < 4.78 is 5.39. The van der Waals surface area contributed by atoms with E-state index in [1.165, 1.54) is 6.92 Å². The summed E-state index contributed by atoms with van der Waals surface area (Å²) in [6.07, 6.45) is -0.715. The van der Waals surface area contributed by atoms with E-state index in [4.69, 9.17) is 9.84 Å². The van der Waals surface area contributed by atoms with Crippen molar-refractivity contribution < 1.29 is 24.5 Å². The molecule has 1 amide bonds. The van der Waals surface area contributed by atoms with Crippen LogP contribution >= 0.6 is 0 Å². The number of carbonyl (C=O) groups is 2. The van der Waals surface area contributed by atoms with Gasteiger partial charge >= 0.3 is 5.97 Å². The van der Waals surface area contributed by atoms with Crippen molar-refractivity contribution in [3.05, 3.63) is 47.7 Å². The number of rotatable bonds is 6. The lowest BCUT2D eigenvalue weighted by atomic mass is 10.0. The van der Waals surface area contributed by atoms with Gasteiger partial charge in [0, 0.05) is 20.0 Å². The molecule has 124 valence electrons. The van der Waals surface area contributed by atoms with E-state index in [-0.39, 0.29) is 18.2 Å². The normalized spacial score (nSPS) is 23.6. The number of aliphatic hydroxyl groups is 1. The van der Waals surface area contributed by atoms with Crippen molar-refractivity contribution in [1.82, 2.24) is 10.6 Å². The van der Waals surface area contributed by atoms with E-state index in [9.17, 15) is 14.7 Å². The summed E-state index contributed by atoms with van der Waals surface area (Å²) in [6, 6.07) is 8.96. The first-order chi connectivity index (χ1) is 11.0. The lowest BCUT2D eigenvalue weighted by Gasteiger charge is -2.34. The van der Waals surface area contributed by atoms with Crippen LogP contribution in [-0.4, -0.2) is 46.9 Å². The Hall–Kier alpha value is -2.38. The first kappa shape index (κ1) is 17.0. The van der Waals surface area contributed by atoms with Crippen molar-refractivity contribution in [3.8, 4) is 0 Å². The topological polar surface area (TPSA) is 108 Å². The molecule has 23 heavy (non-hydrogen) atoms. The average Bonchev–Trinajstić information content (AvgIpc) is 2.50. The smallest absolute Gasteiger partial charge is 0.370 e. The third-order valence-electron chi connectivity index (χ3n) is 3.47. The van der Waals surface area contributed by atoms with Gasteiger partial charge in [0.15, 0.2) is 0 Å². The average molecular weight is 320 g/mol. The number of carboxylic acids is 1. The van der Waals surface area contributed by atoms with Crippen LogP contribution in [0.3, 0.4) is 0 Å². The molecule has 0 saturated carbocycles. The van der Waals surface area contributed by atoms with E-state index < -0.39 is 24.2 Å². The second-order valence-electron chi connectivity index (χ2n) is 5.33. The molecule has 0 spiro atoms. The molecule has 1 aliphatic rings. The fraction of sp³-hybridized carbons (Fsp3) is 0.375. The molecule has 0 fully saturated rings. The lowest BCUT2D eigenvalue weighted by Crippen LogP contribution is -2.56. The SMILES string of the molecule is CC(=O)NC1C(CNCc2ccccc2)OC(C(=O)O)=C[C@H]1O. The van der Waals surface area contributed by atoms with Gasteiger partial charge in [0.2, 0.25) is 11.7 Å². The second-order valence-corrected chi connectivity index (χ2v) is 5.33. The Labute approximate surface area is 134 Å². The summed E-state index contributed by atoms with van der Waals surface area (Å²) >= 11 is 0. The highest BCUT2D eigenvalue weighted by atomic mass is 16.5. The van der Waals surface area contributed by atoms with Gasteiger partial charge in [-0.15, -0.1) is 0 Å². The summed E-state index contributed by atoms with van der Waals surface area (Å²) in [4.78, 5) is 22.3. The summed E-state index contributed by atoms with van der Waals surface area (Å²) in [5.74, 6) is -1.89. The maximum absolute atomic E-state index is 11.3. The molecule has 1 aliphatic heterocycles. The summed E-state index contributed by atoms with van der Waals surface area (Å²) in [5.41, 5.74) is 1.06. The van der Waals surface area contributed by atoms with Crippen molar-refractivity contribution in [2.75, 3.05) is 6.54 Å². The molecule has 1 aromatic carbocycles. The summed E-state index contributed by atoms with van der Waals surface area (Å²) in [7, 11) is 0. The Kier molecular flexibility index (Phi) is 5.72. The van der Waals surface area contributed by atoms with Crippen LogP contribution in [0.5, 0.6) is 0 Å². The molecule has 3 atom stereocenters. The molecule has 7 heteroatoms. The van der Waals surface area contributed by atoms with Crippen LogP contribution in [0.25, 0.3) is 0 Å². The molecule has 0 bridgehead atoms. The van der Waals surface area contributed by atoms with E-state index in [2.05, 4.69) is 10.6 Å². The number of carbonyl (C=O) groups excluding carboxylic acids is 1. The summed E-state index contributed by atoms with van der Waals surface area (Å²) in [5, 5.41) is 24.8. The molecule has 1 heterocycles. The zero-order valence-electron chi connectivity index (χ0n) is 12.7.